The molecule has 0 aromatic carbocycles. The summed E-state index contributed by atoms with van der Waals surface area (Å²) in [6.45, 7) is 7.40. The summed E-state index contributed by atoms with van der Waals surface area (Å²) < 4.78 is 0. The number of rotatable bonds is 4. The fraction of sp³-hybridized carbons (Fsp3) is 0.846. The van der Waals surface area contributed by atoms with Gasteiger partial charge in [0.1, 0.15) is 0 Å². The van der Waals surface area contributed by atoms with Crippen molar-refractivity contribution >= 4 is 0 Å². The van der Waals surface area contributed by atoms with Crippen LogP contribution in [0.25, 0.3) is 0 Å². The molecule has 82 valence electrons. The van der Waals surface area contributed by atoms with Crippen molar-refractivity contribution in [3.8, 4) is 0 Å². The Balaban J connectivity index is 2.37. The molecule has 1 fully saturated rings. The van der Waals surface area contributed by atoms with E-state index in [9.17, 15) is 0 Å². The fourth-order valence-corrected chi connectivity index (χ4v) is 2.58. The Kier molecular flexibility index (Phi) is 4.18. The zero-order chi connectivity index (χ0) is 10.6. The summed E-state index contributed by atoms with van der Waals surface area (Å²) in [6.07, 6.45) is 8.24. The third kappa shape index (κ3) is 3.45. The first kappa shape index (κ1) is 11.8. The minimum Gasteiger partial charge on any atom is -0.396 e. The first-order valence-electron chi connectivity index (χ1n) is 5.85. The molecule has 1 rings (SSSR count). The van der Waals surface area contributed by atoms with Crippen molar-refractivity contribution in [2.24, 2.45) is 11.3 Å². The molecule has 1 aliphatic carbocycles. The summed E-state index contributed by atoms with van der Waals surface area (Å²) in [5.41, 5.74) is 2.16. The number of aliphatic hydroxyl groups is 1. The van der Waals surface area contributed by atoms with Gasteiger partial charge in [-0.05, 0) is 43.4 Å². The first-order valence-corrected chi connectivity index (χ1v) is 5.85. The van der Waals surface area contributed by atoms with Gasteiger partial charge in [0.15, 0.2) is 0 Å². The highest BCUT2D eigenvalue weighted by Crippen LogP contribution is 2.44. The van der Waals surface area contributed by atoms with Crippen molar-refractivity contribution in [1.82, 2.24) is 0 Å². The number of allylic oxidation sites excluding steroid dienone is 2. The maximum atomic E-state index is 8.67. The van der Waals surface area contributed by atoms with Gasteiger partial charge in [-0.2, -0.15) is 0 Å². The lowest BCUT2D eigenvalue weighted by Gasteiger charge is -2.14. The molecule has 1 saturated carbocycles. The lowest BCUT2D eigenvalue weighted by molar-refractivity contribution is 0.285. The molecule has 0 radical (unpaired) electrons. The van der Waals surface area contributed by atoms with E-state index in [2.05, 4.69) is 26.8 Å². The second-order valence-corrected chi connectivity index (χ2v) is 5.44. The highest BCUT2D eigenvalue weighted by atomic mass is 16.2. The van der Waals surface area contributed by atoms with E-state index in [-0.39, 0.29) is 0 Å². The highest BCUT2D eigenvalue weighted by Gasteiger charge is 2.31. The minimum atomic E-state index is 0.338. The standard InChI is InChI=1S/C13H24O/c1-11-9-13(2,3)10-12(11)7-5-4-6-8-14/h7,11,14H,4-6,8-10H2,1-3H3/b12-7+. The predicted octanol–water partition coefficient (Wildman–Crippen LogP) is 3.53. The van der Waals surface area contributed by atoms with Crippen LogP contribution in [0.3, 0.4) is 0 Å². The van der Waals surface area contributed by atoms with Gasteiger partial charge in [0, 0.05) is 6.61 Å². The van der Waals surface area contributed by atoms with E-state index in [1.54, 1.807) is 5.57 Å². The van der Waals surface area contributed by atoms with E-state index in [1.165, 1.54) is 12.8 Å². The zero-order valence-corrected chi connectivity index (χ0v) is 9.84. The van der Waals surface area contributed by atoms with Crippen molar-refractivity contribution in [1.29, 1.82) is 0 Å². The third-order valence-corrected chi connectivity index (χ3v) is 3.19. The zero-order valence-electron chi connectivity index (χ0n) is 9.84. The van der Waals surface area contributed by atoms with Crippen LogP contribution in [0.5, 0.6) is 0 Å². The van der Waals surface area contributed by atoms with Gasteiger partial charge in [0.2, 0.25) is 0 Å². The van der Waals surface area contributed by atoms with Gasteiger partial charge in [0.05, 0.1) is 0 Å². The van der Waals surface area contributed by atoms with E-state index in [0.29, 0.717) is 12.0 Å². The highest BCUT2D eigenvalue weighted by molar-refractivity contribution is 5.14. The van der Waals surface area contributed by atoms with Crippen LogP contribution in [0, 0.1) is 11.3 Å². The molecule has 0 saturated heterocycles. The van der Waals surface area contributed by atoms with Crippen molar-refractivity contribution in [2.75, 3.05) is 6.61 Å². The third-order valence-electron chi connectivity index (χ3n) is 3.19. The average molecular weight is 196 g/mol. The molecule has 0 heterocycles. The Morgan fingerprint density at radius 1 is 1.43 bits per heavy atom. The monoisotopic (exact) mass is 196 g/mol. The van der Waals surface area contributed by atoms with Crippen LogP contribution in [0.4, 0.5) is 0 Å². The minimum absolute atomic E-state index is 0.338. The van der Waals surface area contributed by atoms with E-state index in [0.717, 1.165) is 25.2 Å². The normalized spacial score (nSPS) is 28.6. The van der Waals surface area contributed by atoms with Gasteiger partial charge in [-0.15, -0.1) is 0 Å². The maximum Gasteiger partial charge on any atom is 0.0431 e. The van der Waals surface area contributed by atoms with Crippen LogP contribution < -0.4 is 0 Å². The van der Waals surface area contributed by atoms with Crippen LogP contribution >= 0.6 is 0 Å². The number of hydrogen-bond donors (Lipinski definition) is 1. The molecule has 0 amide bonds. The Bertz CT molecular complexity index is 203. The van der Waals surface area contributed by atoms with Crippen LogP contribution in [-0.2, 0) is 0 Å². The molecular formula is C13H24O. The molecule has 0 aromatic heterocycles. The Morgan fingerprint density at radius 3 is 2.64 bits per heavy atom. The van der Waals surface area contributed by atoms with E-state index >= 15 is 0 Å². The largest absolute Gasteiger partial charge is 0.396 e. The summed E-state index contributed by atoms with van der Waals surface area (Å²) in [5.74, 6) is 0.777. The van der Waals surface area contributed by atoms with Crippen molar-refractivity contribution in [3.63, 3.8) is 0 Å². The lowest BCUT2D eigenvalue weighted by Crippen LogP contribution is -2.03. The number of hydrogen-bond acceptors (Lipinski definition) is 1. The summed E-state index contributed by atoms with van der Waals surface area (Å²) in [5, 5.41) is 8.67. The molecule has 1 aliphatic rings. The van der Waals surface area contributed by atoms with E-state index in [1.807, 2.05) is 0 Å². The molecule has 0 spiro atoms. The van der Waals surface area contributed by atoms with Crippen LogP contribution in [0.1, 0.15) is 52.9 Å². The maximum absolute atomic E-state index is 8.67. The quantitative estimate of drug-likeness (QED) is 0.538. The summed E-state index contributed by atoms with van der Waals surface area (Å²) >= 11 is 0. The second-order valence-electron chi connectivity index (χ2n) is 5.44. The molecule has 0 aliphatic heterocycles. The predicted molar refractivity (Wildman–Crippen MR) is 61.2 cm³/mol. The molecule has 0 bridgehead atoms. The van der Waals surface area contributed by atoms with E-state index in [4.69, 9.17) is 5.11 Å². The number of unbranched alkanes of at least 4 members (excludes halogenated alkanes) is 2. The summed E-state index contributed by atoms with van der Waals surface area (Å²) in [6, 6.07) is 0. The molecule has 1 heteroatoms. The van der Waals surface area contributed by atoms with Crippen molar-refractivity contribution in [3.05, 3.63) is 11.6 Å². The van der Waals surface area contributed by atoms with Crippen LogP contribution in [0.2, 0.25) is 0 Å². The molecule has 14 heavy (non-hydrogen) atoms. The van der Waals surface area contributed by atoms with E-state index < -0.39 is 0 Å². The van der Waals surface area contributed by atoms with Gasteiger partial charge in [-0.25, -0.2) is 0 Å². The number of aliphatic hydroxyl groups excluding tert-OH is 1. The van der Waals surface area contributed by atoms with Crippen molar-refractivity contribution in [2.45, 2.75) is 52.9 Å². The Hall–Kier alpha value is -0.300. The molecule has 1 atom stereocenters. The molecule has 1 unspecified atom stereocenters. The first-order chi connectivity index (χ1) is 6.55. The second kappa shape index (κ2) is 4.97. The lowest BCUT2D eigenvalue weighted by atomic mass is 9.91. The van der Waals surface area contributed by atoms with Gasteiger partial charge in [-0.1, -0.05) is 32.4 Å². The van der Waals surface area contributed by atoms with Crippen molar-refractivity contribution < 1.29 is 5.11 Å². The average Bonchev–Trinajstić information content (AvgIpc) is 2.34. The topological polar surface area (TPSA) is 20.2 Å². The molecule has 1 nitrogen and oxygen atoms in total. The summed E-state index contributed by atoms with van der Waals surface area (Å²) in [7, 11) is 0. The van der Waals surface area contributed by atoms with Gasteiger partial charge in [-0.3, -0.25) is 0 Å². The molecular weight excluding hydrogens is 172 g/mol. The Labute approximate surface area is 88.2 Å². The smallest absolute Gasteiger partial charge is 0.0431 e. The van der Waals surface area contributed by atoms with Crippen LogP contribution in [-0.4, -0.2) is 11.7 Å². The van der Waals surface area contributed by atoms with Crippen LogP contribution in [0.15, 0.2) is 11.6 Å². The molecule has 1 N–H and O–H groups in total. The van der Waals surface area contributed by atoms with Gasteiger partial charge >= 0.3 is 0 Å². The fourth-order valence-electron chi connectivity index (χ4n) is 2.58. The molecule has 0 aromatic rings. The van der Waals surface area contributed by atoms with Gasteiger partial charge in [0.25, 0.3) is 0 Å². The van der Waals surface area contributed by atoms with Gasteiger partial charge < -0.3 is 5.11 Å². The SMILES string of the molecule is CC1CC(C)(C)C/C1=C\CCCCO. The Morgan fingerprint density at radius 2 is 2.14 bits per heavy atom. The summed E-state index contributed by atoms with van der Waals surface area (Å²) in [4.78, 5) is 0.